The highest BCUT2D eigenvalue weighted by Gasteiger charge is 2.31. The first-order valence-electron chi connectivity index (χ1n) is 13.4. The minimum Gasteiger partial charge on any atom is -0.335 e. The molecule has 2 aromatic rings. The number of carbonyl (C=O) groups excluding carboxylic acids is 1. The Morgan fingerprint density at radius 1 is 0.925 bits per heavy atom. The molecule has 2 aliphatic heterocycles. The fourth-order valence-electron chi connectivity index (χ4n) is 4.28. The molecule has 2 aliphatic rings. The minimum absolute atomic E-state index is 0.103. The van der Waals surface area contributed by atoms with Gasteiger partial charge < -0.3 is 9.80 Å². The summed E-state index contributed by atoms with van der Waals surface area (Å²) in [6.45, 7) is 13.0. The number of hydrogen-bond donors (Lipinski definition) is 1. The molecule has 0 aliphatic carbocycles. The second-order valence-electron chi connectivity index (χ2n) is 9.01. The fourth-order valence-corrected chi connectivity index (χ4v) is 7.17. The molecule has 0 radical (unpaired) electrons. The predicted molar refractivity (Wildman–Crippen MR) is 173 cm³/mol. The topological polar surface area (TPSA) is 81.2 Å². The molecule has 1 amide bonds. The van der Waals surface area contributed by atoms with E-state index in [0.29, 0.717) is 22.3 Å². The summed E-state index contributed by atoms with van der Waals surface area (Å²) in [6, 6.07) is 16.2. The summed E-state index contributed by atoms with van der Waals surface area (Å²) in [5, 5.41) is 0.882. The Balaban J connectivity index is 0.000000559. The van der Waals surface area contributed by atoms with Gasteiger partial charge in [0.1, 0.15) is 4.32 Å². The average molecular weight is 620 g/mol. The van der Waals surface area contributed by atoms with Gasteiger partial charge in [-0.25, -0.2) is 0 Å². The molecular formula is C29H37N3O4S4. The molecule has 40 heavy (non-hydrogen) atoms. The summed E-state index contributed by atoms with van der Waals surface area (Å²) in [4.78, 5) is 20.1. The molecule has 7 nitrogen and oxygen atoms in total. The van der Waals surface area contributed by atoms with Crippen LogP contribution in [0.5, 0.6) is 0 Å². The lowest BCUT2D eigenvalue weighted by Crippen LogP contribution is -2.27. The molecule has 0 aromatic heterocycles. The van der Waals surface area contributed by atoms with E-state index < -0.39 is 10.1 Å². The quantitative estimate of drug-likeness (QED) is 0.182. The highest BCUT2D eigenvalue weighted by atomic mass is 32.2. The van der Waals surface area contributed by atoms with Gasteiger partial charge in [-0.1, -0.05) is 92.9 Å². The zero-order valence-electron chi connectivity index (χ0n) is 23.4. The van der Waals surface area contributed by atoms with Crippen molar-refractivity contribution in [3.05, 3.63) is 70.6 Å². The normalized spacial score (nSPS) is 17.1. The van der Waals surface area contributed by atoms with Gasteiger partial charge in [0.15, 0.2) is 0 Å². The van der Waals surface area contributed by atoms with E-state index in [-0.39, 0.29) is 18.1 Å². The molecule has 0 saturated carbocycles. The molecule has 0 unspecified atom stereocenters. The van der Waals surface area contributed by atoms with Gasteiger partial charge in [-0.2, -0.15) is 8.42 Å². The van der Waals surface area contributed by atoms with E-state index in [1.807, 2.05) is 48.2 Å². The Bertz CT molecular complexity index is 1350. The Morgan fingerprint density at radius 3 is 2.15 bits per heavy atom. The summed E-state index contributed by atoms with van der Waals surface area (Å²) in [7, 11) is -4.04. The van der Waals surface area contributed by atoms with E-state index in [1.54, 1.807) is 22.7 Å². The number of hydrogen-bond acceptors (Lipinski definition) is 8. The number of amides is 1. The first-order valence-corrected chi connectivity index (χ1v) is 17.0. The summed E-state index contributed by atoms with van der Waals surface area (Å²) in [5.41, 5.74) is 3.11. The molecule has 1 fully saturated rings. The van der Waals surface area contributed by atoms with Crippen molar-refractivity contribution < 1.29 is 17.8 Å². The first-order chi connectivity index (χ1) is 19.1. The van der Waals surface area contributed by atoms with Gasteiger partial charge in [-0.05, 0) is 68.4 Å². The maximum absolute atomic E-state index is 12.5. The number of thiocarbonyl (C=S) groups is 1. The highest BCUT2D eigenvalue weighted by Crippen LogP contribution is 2.47. The van der Waals surface area contributed by atoms with Crippen LogP contribution in [0.15, 0.2) is 75.5 Å². The molecule has 2 aromatic carbocycles. The second kappa shape index (κ2) is 15.2. The van der Waals surface area contributed by atoms with Gasteiger partial charge in [0.25, 0.3) is 16.0 Å². The summed E-state index contributed by atoms with van der Waals surface area (Å²) >= 11 is 8.13. The van der Waals surface area contributed by atoms with Crippen LogP contribution in [0, 0.1) is 0 Å². The maximum atomic E-state index is 12.5. The van der Waals surface area contributed by atoms with E-state index in [9.17, 15) is 13.2 Å². The van der Waals surface area contributed by atoms with Gasteiger partial charge in [0, 0.05) is 18.0 Å². The monoisotopic (exact) mass is 619 g/mol. The number of rotatable bonds is 10. The standard InChI is InChI=1S/C23H22N2O4S4.C6H15N/c1-2-24-22(26)20(32-23(24)30)11-12-21-25(13-6-14-33(27,28)29)18-15-17(9-10-19(18)31-21)16-7-4-3-5-8-16;1-4-7(5-2)6-3/h3-5,7-12,15H,2,6,13-14H2,1H3,(H,27,28,29);4-6H2,1-3H3/b20-11-,21-12+;. The molecular weight excluding hydrogens is 583 g/mol. The van der Waals surface area contributed by atoms with E-state index in [0.717, 1.165) is 26.7 Å². The molecule has 1 saturated heterocycles. The largest absolute Gasteiger partial charge is 0.335 e. The van der Waals surface area contributed by atoms with Crippen LogP contribution in [0.4, 0.5) is 5.69 Å². The smallest absolute Gasteiger partial charge is 0.266 e. The van der Waals surface area contributed by atoms with E-state index >= 15 is 0 Å². The maximum Gasteiger partial charge on any atom is 0.266 e. The summed E-state index contributed by atoms with van der Waals surface area (Å²) in [5.74, 6) is -0.418. The number of allylic oxidation sites excluding steroid dienone is 2. The van der Waals surface area contributed by atoms with E-state index in [2.05, 4.69) is 43.9 Å². The fraction of sp³-hybridized carbons (Fsp3) is 0.379. The molecule has 216 valence electrons. The van der Waals surface area contributed by atoms with Crippen LogP contribution in [-0.2, 0) is 14.9 Å². The predicted octanol–water partition coefficient (Wildman–Crippen LogP) is 6.50. The van der Waals surface area contributed by atoms with Crippen molar-refractivity contribution in [2.24, 2.45) is 0 Å². The lowest BCUT2D eigenvalue weighted by molar-refractivity contribution is -0.122. The number of nitrogens with zero attached hydrogens (tertiary/aromatic N) is 3. The second-order valence-corrected chi connectivity index (χ2v) is 13.3. The van der Waals surface area contributed by atoms with Crippen molar-refractivity contribution >= 4 is 61.8 Å². The van der Waals surface area contributed by atoms with Crippen LogP contribution in [0.25, 0.3) is 11.1 Å². The first kappa shape index (κ1) is 32.4. The van der Waals surface area contributed by atoms with E-state index in [4.69, 9.17) is 16.8 Å². The van der Waals surface area contributed by atoms with E-state index in [1.165, 1.54) is 31.4 Å². The molecule has 0 atom stereocenters. The lowest BCUT2D eigenvalue weighted by atomic mass is 10.0. The Labute approximate surface area is 252 Å². The number of thioether (sulfide) groups is 2. The number of fused-ring (bicyclic) bond motifs is 1. The summed E-state index contributed by atoms with van der Waals surface area (Å²) < 4.78 is 32.2. The molecule has 0 spiro atoms. The Kier molecular flexibility index (Phi) is 12.3. The van der Waals surface area contributed by atoms with Gasteiger partial charge in [0.05, 0.1) is 21.4 Å². The zero-order chi connectivity index (χ0) is 29.3. The van der Waals surface area contributed by atoms with Crippen molar-refractivity contribution in [2.45, 2.75) is 39.0 Å². The van der Waals surface area contributed by atoms with Crippen LogP contribution >= 0.6 is 35.7 Å². The average Bonchev–Trinajstić information content (AvgIpc) is 3.43. The number of anilines is 1. The number of likely N-dealkylation sites (N-methyl/N-ethyl adjacent to an activating group) is 1. The van der Waals surface area contributed by atoms with Crippen LogP contribution in [0.2, 0.25) is 0 Å². The van der Waals surface area contributed by atoms with Crippen LogP contribution in [-0.4, -0.2) is 71.5 Å². The third-order valence-corrected chi connectivity index (χ3v) is 9.86. The van der Waals surface area contributed by atoms with Crippen molar-refractivity contribution in [1.82, 2.24) is 9.80 Å². The third kappa shape index (κ3) is 8.67. The molecule has 0 bridgehead atoms. The van der Waals surface area contributed by atoms with Crippen molar-refractivity contribution in [1.29, 1.82) is 0 Å². The van der Waals surface area contributed by atoms with Crippen LogP contribution in [0.1, 0.15) is 34.1 Å². The minimum atomic E-state index is -4.04. The molecule has 11 heteroatoms. The number of benzene rings is 2. The number of carbonyl (C=O) groups is 1. The Hall–Kier alpha value is -2.15. The lowest BCUT2D eigenvalue weighted by Gasteiger charge is -2.20. The zero-order valence-corrected chi connectivity index (χ0v) is 26.6. The van der Waals surface area contributed by atoms with Crippen LogP contribution in [0.3, 0.4) is 0 Å². The van der Waals surface area contributed by atoms with Crippen LogP contribution < -0.4 is 4.90 Å². The summed E-state index contributed by atoms with van der Waals surface area (Å²) in [6.07, 6.45) is 3.92. The SMILES string of the molecule is CCN(CC)CC.CCN1C(=O)/C(=C/C=C2/Sc3ccc(-c4ccccc4)cc3N2CCCS(=O)(=O)O)SC1=S. The van der Waals surface area contributed by atoms with Crippen molar-refractivity contribution in [2.75, 3.05) is 43.4 Å². The molecule has 2 heterocycles. The van der Waals surface area contributed by atoms with Gasteiger partial charge in [0.2, 0.25) is 0 Å². The van der Waals surface area contributed by atoms with Crippen molar-refractivity contribution in [3.8, 4) is 11.1 Å². The molecule has 1 N–H and O–H groups in total. The molecule has 4 rings (SSSR count). The van der Waals surface area contributed by atoms with Gasteiger partial charge in [-0.3, -0.25) is 14.2 Å². The van der Waals surface area contributed by atoms with Crippen molar-refractivity contribution in [3.63, 3.8) is 0 Å². The van der Waals surface area contributed by atoms with Gasteiger partial charge in [-0.15, -0.1) is 0 Å². The third-order valence-electron chi connectivity index (χ3n) is 6.53. The Morgan fingerprint density at radius 2 is 1.60 bits per heavy atom. The van der Waals surface area contributed by atoms with Gasteiger partial charge >= 0.3 is 0 Å². The highest BCUT2D eigenvalue weighted by molar-refractivity contribution is 8.26.